The van der Waals surface area contributed by atoms with Gasteiger partial charge in [-0.1, -0.05) is 47.3 Å². The van der Waals surface area contributed by atoms with Crippen molar-refractivity contribution in [2.75, 3.05) is 17.2 Å². The molecule has 6 heteroatoms. The maximum Gasteiger partial charge on any atom is 0.251 e. The van der Waals surface area contributed by atoms with Crippen molar-refractivity contribution in [1.29, 1.82) is 0 Å². The molecular weight excluding hydrogens is 406 g/mol. The molecule has 0 radical (unpaired) electrons. The van der Waals surface area contributed by atoms with Crippen molar-refractivity contribution >= 4 is 39.1 Å². The zero-order valence-corrected chi connectivity index (χ0v) is 16.7. The van der Waals surface area contributed by atoms with Crippen molar-refractivity contribution in [3.8, 4) is 0 Å². The molecule has 1 aliphatic rings. The highest BCUT2D eigenvalue weighted by molar-refractivity contribution is 9.10. The first kappa shape index (κ1) is 19.4. The lowest BCUT2D eigenvalue weighted by atomic mass is 9.95. The number of hydrogen-bond donors (Lipinski definition) is 3. The molecule has 1 fully saturated rings. The molecule has 0 bridgehead atoms. The van der Waals surface area contributed by atoms with Gasteiger partial charge < -0.3 is 16.0 Å². The molecule has 1 aliphatic carbocycles. The number of amides is 2. The third-order valence-corrected chi connectivity index (χ3v) is 5.12. The molecule has 142 valence electrons. The first-order valence-electron chi connectivity index (χ1n) is 9.30. The number of anilines is 2. The van der Waals surface area contributed by atoms with Crippen molar-refractivity contribution in [1.82, 2.24) is 5.32 Å². The Bertz CT molecular complexity index is 804. The monoisotopic (exact) mass is 429 g/mol. The van der Waals surface area contributed by atoms with E-state index in [0.717, 1.165) is 23.0 Å². The fraction of sp³-hybridized carbons (Fsp3) is 0.333. The average Bonchev–Trinajstić information content (AvgIpc) is 2.67. The van der Waals surface area contributed by atoms with Gasteiger partial charge in [-0.2, -0.15) is 0 Å². The van der Waals surface area contributed by atoms with Crippen molar-refractivity contribution in [2.24, 2.45) is 0 Å². The van der Waals surface area contributed by atoms with Crippen LogP contribution in [0.3, 0.4) is 0 Å². The van der Waals surface area contributed by atoms with Crippen LogP contribution in [0, 0.1) is 0 Å². The van der Waals surface area contributed by atoms with Crippen LogP contribution >= 0.6 is 15.9 Å². The summed E-state index contributed by atoms with van der Waals surface area (Å²) in [6.45, 7) is 0.148. The Morgan fingerprint density at radius 2 is 1.70 bits per heavy atom. The first-order valence-corrected chi connectivity index (χ1v) is 10.1. The van der Waals surface area contributed by atoms with Crippen LogP contribution in [-0.2, 0) is 4.79 Å². The number of halogens is 1. The van der Waals surface area contributed by atoms with Gasteiger partial charge in [0.05, 0.1) is 6.54 Å². The average molecular weight is 430 g/mol. The minimum Gasteiger partial charge on any atom is -0.376 e. The van der Waals surface area contributed by atoms with Crippen molar-refractivity contribution in [3.63, 3.8) is 0 Å². The minimum atomic E-state index is -0.167. The number of hydrogen-bond acceptors (Lipinski definition) is 3. The third kappa shape index (κ3) is 6.10. The number of nitrogens with one attached hydrogen (secondary N) is 3. The van der Waals surface area contributed by atoms with E-state index in [2.05, 4.69) is 31.9 Å². The van der Waals surface area contributed by atoms with Crippen LogP contribution in [0.1, 0.15) is 42.5 Å². The molecule has 0 aromatic heterocycles. The number of rotatable bonds is 6. The van der Waals surface area contributed by atoms with Gasteiger partial charge in [-0.15, -0.1) is 0 Å². The van der Waals surface area contributed by atoms with Crippen LogP contribution in [0.4, 0.5) is 11.4 Å². The summed E-state index contributed by atoms with van der Waals surface area (Å²) in [4.78, 5) is 24.6. The van der Waals surface area contributed by atoms with Crippen LogP contribution in [0.5, 0.6) is 0 Å². The summed E-state index contributed by atoms with van der Waals surface area (Å²) < 4.78 is 0.949. The molecule has 3 N–H and O–H groups in total. The van der Waals surface area contributed by atoms with Crippen molar-refractivity contribution in [3.05, 3.63) is 58.6 Å². The molecule has 0 spiro atoms. The second kappa shape index (κ2) is 9.55. The summed E-state index contributed by atoms with van der Waals surface area (Å²) in [6.07, 6.45) is 5.69. The fourth-order valence-electron chi connectivity index (χ4n) is 3.24. The first-order chi connectivity index (χ1) is 13.1. The highest BCUT2D eigenvalue weighted by Crippen LogP contribution is 2.19. The molecule has 27 heavy (non-hydrogen) atoms. The van der Waals surface area contributed by atoms with Gasteiger partial charge >= 0.3 is 0 Å². The molecule has 0 heterocycles. The van der Waals surface area contributed by atoms with Gasteiger partial charge in [0.1, 0.15) is 0 Å². The van der Waals surface area contributed by atoms with Crippen molar-refractivity contribution in [2.45, 2.75) is 38.1 Å². The second-order valence-corrected chi connectivity index (χ2v) is 7.72. The quantitative estimate of drug-likeness (QED) is 0.629. The second-order valence-electron chi connectivity index (χ2n) is 6.80. The predicted molar refractivity (Wildman–Crippen MR) is 112 cm³/mol. The van der Waals surface area contributed by atoms with Gasteiger partial charge in [0, 0.05) is 27.5 Å². The Balaban J connectivity index is 1.53. The van der Waals surface area contributed by atoms with E-state index in [0.29, 0.717) is 11.3 Å². The molecular formula is C21H24BrN3O2. The zero-order chi connectivity index (χ0) is 19.1. The largest absolute Gasteiger partial charge is 0.376 e. The van der Waals surface area contributed by atoms with Crippen LogP contribution < -0.4 is 16.0 Å². The molecule has 0 aliphatic heterocycles. The topological polar surface area (TPSA) is 70.2 Å². The standard InChI is InChI=1S/C21H24BrN3O2/c22-16-7-5-10-18(13-16)23-14-20(26)24-19-11-4-6-15(12-19)21(27)25-17-8-2-1-3-9-17/h4-7,10-13,17,23H,1-3,8-9,14H2,(H,24,26)(H,25,27). The summed E-state index contributed by atoms with van der Waals surface area (Å²) in [6, 6.07) is 15.0. The Kier molecular flexibility index (Phi) is 6.87. The molecule has 0 atom stereocenters. The fourth-order valence-corrected chi connectivity index (χ4v) is 3.64. The number of benzene rings is 2. The normalized spacial score (nSPS) is 14.4. The molecule has 5 nitrogen and oxygen atoms in total. The summed E-state index contributed by atoms with van der Waals surface area (Å²) in [5.41, 5.74) is 2.05. The Labute approximate surface area is 168 Å². The SMILES string of the molecule is O=C(CNc1cccc(Br)c1)Nc1cccc(C(=O)NC2CCCCC2)c1. The van der Waals surface area contributed by atoms with E-state index in [4.69, 9.17) is 0 Å². The highest BCUT2D eigenvalue weighted by atomic mass is 79.9. The molecule has 1 saturated carbocycles. The Hall–Kier alpha value is -2.34. The van der Waals surface area contributed by atoms with Gasteiger partial charge in [-0.3, -0.25) is 9.59 Å². The Morgan fingerprint density at radius 3 is 2.48 bits per heavy atom. The van der Waals surface area contributed by atoms with Gasteiger partial charge in [-0.05, 0) is 49.2 Å². The zero-order valence-electron chi connectivity index (χ0n) is 15.1. The summed E-state index contributed by atoms with van der Waals surface area (Å²) in [5.74, 6) is -0.245. The van der Waals surface area contributed by atoms with E-state index in [9.17, 15) is 9.59 Å². The molecule has 2 amide bonds. The number of carbonyl (C=O) groups excluding carboxylic acids is 2. The van der Waals surface area contributed by atoms with Gasteiger partial charge in [0.15, 0.2) is 0 Å². The summed E-state index contributed by atoms with van der Waals surface area (Å²) in [7, 11) is 0. The van der Waals surface area contributed by atoms with E-state index < -0.39 is 0 Å². The predicted octanol–water partition coefficient (Wildman–Crippen LogP) is 4.56. The van der Waals surface area contributed by atoms with E-state index in [-0.39, 0.29) is 24.4 Å². The molecule has 0 saturated heterocycles. The minimum absolute atomic E-state index is 0.0785. The van der Waals surface area contributed by atoms with E-state index in [1.165, 1.54) is 19.3 Å². The van der Waals surface area contributed by atoms with E-state index in [1.807, 2.05) is 24.3 Å². The third-order valence-electron chi connectivity index (χ3n) is 4.63. The van der Waals surface area contributed by atoms with Crippen LogP contribution in [0.15, 0.2) is 53.0 Å². The maximum atomic E-state index is 12.5. The molecule has 2 aromatic carbocycles. The van der Waals surface area contributed by atoms with E-state index >= 15 is 0 Å². The lowest BCUT2D eigenvalue weighted by Crippen LogP contribution is -2.36. The Morgan fingerprint density at radius 1 is 0.963 bits per heavy atom. The van der Waals surface area contributed by atoms with Gasteiger partial charge in [-0.25, -0.2) is 0 Å². The maximum absolute atomic E-state index is 12.5. The summed E-state index contributed by atoms with van der Waals surface area (Å²) in [5, 5.41) is 9.01. The van der Waals surface area contributed by atoms with Gasteiger partial charge in [0.25, 0.3) is 5.91 Å². The lowest BCUT2D eigenvalue weighted by Gasteiger charge is -2.22. The summed E-state index contributed by atoms with van der Waals surface area (Å²) >= 11 is 3.40. The molecule has 3 rings (SSSR count). The molecule has 0 unspecified atom stereocenters. The number of carbonyl (C=O) groups is 2. The van der Waals surface area contributed by atoms with E-state index in [1.54, 1.807) is 24.3 Å². The van der Waals surface area contributed by atoms with Crippen LogP contribution in [-0.4, -0.2) is 24.4 Å². The van der Waals surface area contributed by atoms with Crippen molar-refractivity contribution < 1.29 is 9.59 Å². The van der Waals surface area contributed by atoms with Crippen LogP contribution in [0.25, 0.3) is 0 Å². The lowest BCUT2D eigenvalue weighted by molar-refractivity contribution is -0.114. The highest BCUT2D eigenvalue weighted by Gasteiger charge is 2.17. The van der Waals surface area contributed by atoms with Crippen LogP contribution in [0.2, 0.25) is 0 Å². The van der Waals surface area contributed by atoms with Gasteiger partial charge in [0.2, 0.25) is 5.91 Å². The smallest absolute Gasteiger partial charge is 0.251 e. The molecule has 2 aromatic rings.